The van der Waals surface area contributed by atoms with Gasteiger partial charge >= 0.3 is 0 Å². The van der Waals surface area contributed by atoms with E-state index in [2.05, 4.69) is 0 Å². The van der Waals surface area contributed by atoms with Gasteiger partial charge in [0.25, 0.3) is 6.47 Å². The lowest BCUT2D eigenvalue weighted by molar-refractivity contribution is -0.122. The van der Waals surface area contributed by atoms with Gasteiger partial charge in [0.15, 0.2) is 0 Å². The summed E-state index contributed by atoms with van der Waals surface area (Å²) < 4.78 is 0. The van der Waals surface area contributed by atoms with E-state index < -0.39 is 0 Å². The third-order valence-corrected chi connectivity index (χ3v) is 0.1000. The maximum atomic E-state index is 8.36. The number of rotatable bonds is 1. The number of aliphatic hydroxyl groups excluding tert-OH is 2. The summed E-state index contributed by atoms with van der Waals surface area (Å²) in [7, 11) is 0. The quantitative estimate of drug-likeness (QED) is 0.364. The number of carbonyl (C=O) groups is 1. The molecule has 0 radical (unpaired) electrons. The van der Waals surface area contributed by atoms with Crippen molar-refractivity contribution in [3.8, 4) is 0 Å². The molecule has 0 bridgehead atoms. The Morgan fingerprint density at radius 2 is 1.43 bits per heavy atom. The van der Waals surface area contributed by atoms with E-state index in [0.29, 0.717) is 0 Å². The fourth-order valence-electron chi connectivity index (χ4n) is 0. The average Bonchev–Trinajstić information content (AvgIpc) is 1.69. The van der Waals surface area contributed by atoms with Gasteiger partial charge in [0.2, 0.25) is 0 Å². The maximum Gasteiger partial charge on any atom is 0.290 e. The van der Waals surface area contributed by atoms with Crippen molar-refractivity contribution in [3.05, 3.63) is 0 Å². The number of hydrogen-bond acceptors (Lipinski definition) is 3. The molecule has 0 aromatic heterocycles. The Hall–Kier alpha value is -0.610. The van der Waals surface area contributed by atoms with Crippen molar-refractivity contribution in [1.29, 1.82) is 0 Å². The van der Waals surface area contributed by atoms with Gasteiger partial charge in [-0.1, -0.05) is 0 Å². The molecule has 0 aromatic rings. The molecular formula is C3H8O4. The molecule has 3 N–H and O–H groups in total. The first-order valence-electron chi connectivity index (χ1n) is 1.63. The molecule has 0 heterocycles. The van der Waals surface area contributed by atoms with Crippen molar-refractivity contribution in [2.45, 2.75) is 0 Å². The molecule has 0 aliphatic heterocycles. The van der Waals surface area contributed by atoms with Gasteiger partial charge in [-0.15, -0.1) is 0 Å². The van der Waals surface area contributed by atoms with Gasteiger partial charge in [0.05, 0.1) is 13.2 Å². The van der Waals surface area contributed by atoms with Crippen molar-refractivity contribution in [2.24, 2.45) is 0 Å². The van der Waals surface area contributed by atoms with Crippen LogP contribution in [-0.4, -0.2) is 35.0 Å². The zero-order valence-corrected chi connectivity index (χ0v) is 3.74. The minimum atomic E-state index is -0.250. The predicted octanol–water partition coefficient (Wildman–Crippen LogP) is -1.33. The molecule has 0 amide bonds. The van der Waals surface area contributed by atoms with Gasteiger partial charge in [0.1, 0.15) is 0 Å². The highest BCUT2D eigenvalue weighted by molar-refractivity contribution is 5.32. The topological polar surface area (TPSA) is 77.8 Å². The molecule has 0 rings (SSSR count). The van der Waals surface area contributed by atoms with Gasteiger partial charge in [-0.2, -0.15) is 0 Å². The van der Waals surface area contributed by atoms with Crippen molar-refractivity contribution in [2.75, 3.05) is 13.2 Å². The fraction of sp³-hybridized carbons (Fsp3) is 0.667. The molecule has 0 aromatic carbocycles. The van der Waals surface area contributed by atoms with Crippen LogP contribution in [0.4, 0.5) is 0 Å². The molecule has 0 atom stereocenters. The lowest BCUT2D eigenvalue weighted by Crippen LogP contribution is -1.85. The van der Waals surface area contributed by atoms with E-state index in [1.54, 1.807) is 0 Å². The molecule has 0 saturated carbocycles. The minimum Gasteiger partial charge on any atom is -0.483 e. The van der Waals surface area contributed by atoms with E-state index >= 15 is 0 Å². The molecule has 44 valence electrons. The molecule has 0 aliphatic rings. The van der Waals surface area contributed by atoms with Crippen LogP contribution in [0.25, 0.3) is 0 Å². The van der Waals surface area contributed by atoms with Crippen LogP contribution < -0.4 is 0 Å². The Labute approximate surface area is 41.0 Å². The summed E-state index contributed by atoms with van der Waals surface area (Å²) >= 11 is 0. The zero-order chi connectivity index (χ0) is 6.12. The molecule has 4 heteroatoms. The normalized spacial score (nSPS) is 6.00. The molecule has 0 saturated heterocycles. The van der Waals surface area contributed by atoms with E-state index in [4.69, 9.17) is 20.1 Å². The smallest absolute Gasteiger partial charge is 0.290 e. The van der Waals surface area contributed by atoms with Crippen LogP contribution in [0.15, 0.2) is 0 Å². The van der Waals surface area contributed by atoms with Crippen LogP contribution in [0.2, 0.25) is 0 Å². The van der Waals surface area contributed by atoms with Crippen LogP contribution in [0.5, 0.6) is 0 Å². The summed E-state index contributed by atoms with van der Waals surface area (Å²) in [5.74, 6) is 0. The molecule has 0 aliphatic carbocycles. The highest BCUT2D eigenvalue weighted by Crippen LogP contribution is 1.39. The van der Waals surface area contributed by atoms with Gasteiger partial charge in [0, 0.05) is 0 Å². The Kier molecular flexibility index (Phi) is 25.0. The highest BCUT2D eigenvalue weighted by Gasteiger charge is 1.58. The predicted molar refractivity (Wildman–Crippen MR) is 22.9 cm³/mol. The molecule has 0 spiro atoms. The third-order valence-electron chi connectivity index (χ3n) is 0.1000. The van der Waals surface area contributed by atoms with Gasteiger partial charge in [-0.05, 0) is 0 Å². The van der Waals surface area contributed by atoms with Crippen molar-refractivity contribution < 1.29 is 20.1 Å². The first kappa shape index (κ1) is 9.63. The largest absolute Gasteiger partial charge is 0.483 e. The van der Waals surface area contributed by atoms with Gasteiger partial charge in [-0.3, -0.25) is 4.79 Å². The Balaban J connectivity index is 0. The first-order chi connectivity index (χ1) is 3.33. The zero-order valence-electron chi connectivity index (χ0n) is 3.74. The Morgan fingerprint density at radius 1 is 1.29 bits per heavy atom. The third kappa shape index (κ3) is 407. The fourth-order valence-corrected chi connectivity index (χ4v) is 0. The van der Waals surface area contributed by atoms with Crippen LogP contribution in [0.3, 0.4) is 0 Å². The van der Waals surface area contributed by atoms with E-state index in [0.717, 1.165) is 0 Å². The van der Waals surface area contributed by atoms with Crippen LogP contribution in [0.1, 0.15) is 0 Å². The van der Waals surface area contributed by atoms with Crippen molar-refractivity contribution in [3.63, 3.8) is 0 Å². The Morgan fingerprint density at radius 3 is 1.43 bits per heavy atom. The van der Waals surface area contributed by atoms with E-state index in [1.165, 1.54) is 0 Å². The molecule has 7 heavy (non-hydrogen) atoms. The van der Waals surface area contributed by atoms with Gasteiger partial charge in [-0.25, -0.2) is 0 Å². The second kappa shape index (κ2) is 18.2. The SMILES string of the molecule is O=CO.OCCO. The standard InChI is InChI=1S/C2H6O2.CH2O2/c3-1-2-4;2-1-3/h3-4H,1-2H2;1H,(H,2,3). The maximum absolute atomic E-state index is 8.36. The summed E-state index contributed by atoms with van der Waals surface area (Å²) in [6, 6.07) is 0. The number of carboxylic acid groups (broad SMARTS) is 1. The van der Waals surface area contributed by atoms with E-state index in [1.807, 2.05) is 0 Å². The monoisotopic (exact) mass is 108 g/mol. The second-order valence-electron chi connectivity index (χ2n) is 0.553. The summed E-state index contributed by atoms with van der Waals surface area (Å²) in [5, 5.41) is 22.1. The van der Waals surface area contributed by atoms with Gasteiger partial charge < -0.3 is 15.3 Å². The Bertz CT molecular complexity index is 26.1. The van der Waals surface area contributed by atoms with Crippen LogP contribution in [0, 0.1) is 0 Å². The van der Waals surface area contributed by atoms with Crippen molar-refractivity contribution >= 4 is 6.47 Å². The first-order valence-corrected chi connectivity index (χ1v) is 1.63. The lowest BCUT2D eigenvalue weighted by atomic mass is 10.8. The van der Waals surface area contributed by atoms with E-state index in [9.17, 15) is 0 Å². The van der Waals surface area contributed by atoms with Crippen LogP contribution >= 0.6 is 0 Å². The minimum absolute atomic E-state index is 0.125. The average molecular weight is 108 g/mol. The van der Waals surface area contributed by atoms with Crippen molar-refractivity contribution in [1.82, 2.24) is 0 Å². The molecule has 0 fully saturated rings. The summed E-state index contributed by atoms with van der Waals surface area (Å²) in [4.78, 5) is 8.36. The van der Waals surface area contributed by atoms with Crippen LogP contribution in [-0.2, 0) is 4.79 Å². The highest BCUT2D eigenvalue weighted by atomic mass is 16.3. The molecule has 0 unspecified atom stereocenters. The molecule has 4 nitrogen and oxygen atoms in total. The second-order valence-corrected chi connectivity index (χ2v) is 0.553. The lowest BCUT2D eigenvalue weighted by Gasteiger charge is -1.70. The summed E-state index contributed by atoms with van der Waals surface area (Å²) in [5.41, 5.74) is 0. The number of hydrogen-bond donors (Lipinski definition) is 3. The molecular weight excluding hydrogens is 100 g/mol. The number of aliphatic hydroxyl groups is 2. The summed E-state index contributed by atoms with van der Waals surface area (Å²) in [6.45, 7) is -0.500. The van der Waals surface area contributed by atoms with E-state index in [-0.39, 0.29) is 19.7 Å². The summed E-state index contributed by atoms with van der Waals surface area (Å²) in [6.07, 6.45) is 0.